The van der Waals surface area contributed by atoms with Crippen LogP contribution in [0.1, 0.15) is 27.2 Å². The average molecular weight is 534 g/mol. The van der Waals surface area contributed by atoms with Gasteiger partial charge in [-0.3, -0.25) is 4.79 Å². The van der Waals surface area contributed by atoms with Crippen molar-refractivity contribution < 1.29 is 14.3 Å². The highest BCUT2D eigenvalue weighted by atomic mass is 79.9. The molecule has 1 heterocycles. The molecule has 0 aliphatic heterocycles. The van der Waals surface area contributed by atoms with Gasteiger partial charge in [0.25, 0.3) is 0 Å². The second-order valence-electron chi connectivity index (χ2n) is 7.32. The summed E-state index contributed by atoms with van der Waals surface area (Å²) in [4.78, 5) is 15.5. The zero-order valence-corrected chi connectivity index (χ0v) is 20.2. The molecular formula is C27H18BrClN2O3. The first-order valence-electron chi connectivity index (χ1n) is 10.3. The van der Waals surface area contributed by atoms with E-state index >= 15 is 0 Å². The first-order valence-corrected chi connectivity index (χ1v) is 11.5. The Hall–Kier alpha value is -3.66. The van der Waals surface area contributed by atoms with E-state index in [0.717, 1.165) is 26.7 Å². The number of nitrogens with zero attached hydrogens (tertiary/aromatic N) is 2. The molecule has 0 radical (unpaired) electrons. The predicted octanol–water partition coefficient (Wildman–Crippen LogP) is 7.01. The number of carbonyl (C=O) groups excluding carboxylic acids is 1. The second kappa shape index (κ2) is 11.0. The van der Waals surface area contributed by atoms with Gasteiger partial charge < -0.3 is 9.47 Å². The van der Waals surface area contributed by atoms with Crippen molar-refractivity contribution in [2.75, 3.05) is 0 Å². The summed E-state index contributed by atoms with van der Waals surface area (Å²) in [5.74, 6) is 0.730. The third kappa shape index (κ3) is 5.45. The van der Waals surface area contributed by atoms with Crippen molar-refractivity contribution in [3.63, 3.8) is 0 Å². The van der Waals surface area contributed by atoms with Crippen molar-refractivity contribution in [1.29, 1.82) is 5.26 Å². The molecule has 4 aromatic rings. The molecule has 5 nitrogen and oxygen atoms in total. The summed E-state index contributed by atoms with van der Waals surface area (Å²) in [6.45, 7) is 0.417. The molecule has 0 unspecified atom stereocenters. The van der Waals surface area contributed by atoms with Crippen LogP contribution in [-0.4, -0.2) is 11.3 Å². The van der Waals surface area contributed by atoms with Gasteiger partial charge >= 0.3 is 0 Å². The number of ether oxygens (including phenoxy) is 2. The number of hydrogen-bond acceptors (Lipinski definition) is 5. The summed E-state index contributed by atoms with van der Waals surface area (Å²) >= 11 is 10.1. The van der Waals surface area contributed by atoms with E-state index < -0.39 is 0 Å². The first kappa shape index (κ1) is 23.5. The van der Waals surface area contributed by atoms with Crippen molar-refractivity contribution in [3.8, 4) is 28.7 Å². The van der Waals surface area contributed by atoms with E-state index in [-0.39, 0.29) is 13.2 Å². The third-order valence-electron chi connectivity index (χ3n) is 5.07. The number of hydrogen-bond donors (Lipinski definition) is 0. The average Bonchev–Trinajstić information content (AvgIpc) is 2.88. The quantitative estimate of drug-likeness (QED) is 0.228. The number of aromatic nitrogens is 1. The SMILES string of the molecule is N#Cc1cc(COc2cc(OCc3cccc(-c4ccccc4)c3Br)c(Cl)cc2C=O)ccn1. The zero-order valence-electron chi connectivity index (χ0n) is 17.9. The molecular weight excluding hydrogens is 516 g/mol. The number of pyridine rings is 1. The lowest BCUT2D eigenvalue weighted by Crippen LogP contribution is -2.02. The molecule has 0 saturated carbocycles. The summed E-state index contributed by atoms with van der Waals surface area (Å²) < 4.78 is 12.8. The highest BCUT2D eigenvalue weighted by Gasteiger charge is 2.13. The molecule has 0 fully saturated rings. The van der Waals surface area contributed by atoms with E-state index in [9.17, 15) is 4.79 Å². The van der Waals surface area contributed by atoms with Crippen LogP contribution in [0.3, 0.4) is 0 Å². The number of nitriles is 1. The summed E-state index contributed by atoms with van der Waals surface area (Å²) in [6, 6.07) is 24.5. The van der Waals surface area contributed by atoms with Gasteiger partial charge in [0.05, 0.1) is 10.6 Å². The van der Waals surface area contributed by atoms with Crippen LogP contribution in [0.25, 0.3) is 11.1 Å². The molecule has 168 valence electrons. The van der Waals surface area contributed by atoms with Crippen LogP contribution in [0.15, 0.2) is 83.5 Å². The Kier molecular flexibility index (Phi) is 7.58. The highest BCUT2D eigenvalue weighted by molar-refractivity contribution is 9.10. The topological polar surface area (TPSA) is 72.2 Å². The fraction of sp³-hybridized carbons (Fsp3) is 0.0741. The lowest BCUT2D eigenvalue weighted by Gasteiger charge is -2.15. The Morgan fingerprint density at radius 1 is 0.971 bits per heavy atom. The van der Waals surface area contributed by atoms with Gasteiger partial charge in [-0.05, 0) is 50.8 Å². The molecule has 0 saturated heterocycles. The minimum absolute atomic E-state index is 0.157. The van der Waals surface area contributed by atoms with Crippen LogP contribution in [0.2, 0.25) is 5.02 Å². The summed E-state index contributed by atoms with van der Waals surface area (Å²) in [5, 5.41) is 9.32. The summed E-state index contributed by atoms with van der Waals surface area (Å²) in [5.41, 5.74) is 4.44. The Morgan fingerprint density at radius 2 is 1.76 bits per heavy atom. The maximum atomic E-state index is 11.6. The predicted molar refractivity (Wildman–Crippen MR) is 134 cm³/mol. The molecule has 0 bridgehead atoms. The van der Waals surface area contributed by atoms with Gasteiger partial charge in [-0.2, -0.15) is 5.26 Å². The first-order chi connectivity index (χ1) is 16.6. The molecule has 0 spiro atoms. The normalized spacial score (nSPS) is 10.4. The minimum atomic E-state index is 0.157. The minimum Gasteiger partial charge on any atom is -0.488 e. The summed E-state index contributed by atoms with van der Waals surface area (Å²) in [6.07, 6.45) is 2.22. The molecule has 0 atom stereocenters. The van der Waals surface area contributed by atoms with Crippen LogP contribution in [0.4, 0.5) is 0 Å². The molecule has 4 rings (SSSR count). The van der Waals surface area contributed by atoms with Gasteiger partial charge in [0.1, 0.15) is 36.5 Å². The van der Waals surface area contributed by atoms with E-state index in [0.29, 0.717) is 34.1 Å². The van der Waals surface area contributed by atoms with Crippen molar-refractivity contribution >= 4 is 33.8 Å². The maximum absolute atomic E-state index is 11.6. The van der Waals surface area contributed by atoms with Crippen molar-refractivity contribution in [3.05, 3.63) is 111 Å². The van der Waals surface area contributed by atoms with E-state index in [1.807, 2.05) is 54.6 Å². The maximum Gasteiger partial charge on any atom is 0.153 e. The lowest BCUT2D eigenvalue weighted by atomic mass is 10.0. The summed E-state index contributed by atoms with van der Waals surface area (Å²) in [7, 11) is 0. The standard InChI is InChI=1S/C27H18BrClN2O3/c28-27-20(7-4-8-23(27)19-5-2-1-3-6-19)17-34-26-13-25(21(15-32)12-24(26)29)33-16-18-9-10-31-22(11-18)14-30/h1-13,15H,16-17H2. The zero-order chi connectivity index (χ0) is 23.9. The van der Waals surface area contributed by atoms with Gasteiger partial charge in [0.2, 0.25) is 0 Å². The molecule has 34 heavy (non-hydrogen) atoms. The van der Waals surface area contributed by atoms with Crippen molar-refractivity contribution in [1.82, 2.24) is 4.98 Å². The largest absolute Gasteiger partial charge is 0.488 e. The fourth-order valence-corrected chi connectivity index (χ4v) is 4.19. The lowest BCUT2D eigenvalue weighted by molar-refractivity contribution is 0.111. The number of rotatable bonds is 8. The van der Waals surface area contributed by atoms with Crippen molar-refractivity contribution in [2.45, 2.75) is 13.2 Å². The van der Waals surface area contributed by atoms with Crippen LogP contribution in [0.5, 0.6) is 11.5 Å². The molecule has 1 aromatic heterocycles. The Bertz CT molecular complexity index is 1370. The smallest absolute Gasteiger partial charge is 0.153 e. The van der Waals surface area contributed by atoms with Gasteiger partial charge in [0.15, 0.2) is 6.29 Å². The number of aldehydes is 1. The van der Waals surface area contributed by atoms with Crippen LogP contribution < -0.4 is 9.47 Å². The van der Waals surface area contributed by atoms with Crippen LogP contribution in [-0.2, 0) is 13.2 Å². The monoisotopic (exact) mass is 532 g/mol. The third-order valence-corrected chi connectivity index (χ3v) is 6.30. The molecule has 7 heteroatoms. The Morgan fingerprint density at radius 3 is 2.53 bits per heavy atom. The van der Waals surface area contributed by atoms with E-state index in [1.54, 1.807) is 18.2 Å². The number of carbonyl (C=O) groups is 1. The molecule has 0 N–H and O–H groups in total. The van der Waals surface area contributed by atoms with Crippen LogP contribution in [0, 0.1) is 11.3 Å². The van der Waals surface area contributed by atoms with Gasteiger partial charge in [-0.1, -0.05) is 60.1 Å². The van der Waals surface area contributed by atoms with Crippen molar-refractivity contribution in [2.24, 2.45) is 0 Å². The van der Waals surface area contributed by atoms with E-state index in [1.165, 1.54) is 12.3 Å². The molecule has 3 aromatic carbocycles. The van der Waals surface area contributed by atoms with E-state index in [2.05, 4.69) is 20.9 Å². The number of benzene rings is 3. The van der Waals surface area contributed by atoms with Gasteiger partial charge in [-0.15, -0.1) is 0 Å². The highest BCUT2D eigenvalue weighted by Crippen LogP contribution is 2.35. The Balaban J connectivity index is 1.54. The molecule has 0 amide bonds. The van der Waals surface area contributed by atoms with E-state index in [4.69, 9.17) is 26.3 Å². The second-order valence-corrected chi connectivity index (χ2v) is 8.52. The number of halogens is 2. The fourth-order valence-electron chi connectivity index (χ4n) is 3.35. The van der Waals surface area contributed by atoms with Crippen LogP contribution >= 0.6 is 27.5 Å². The van der Waals surface area contributed by atoms with Gasteiger partial charge in [-0.25, -0.2) is 4.98 Å². The Labute approximate surface area is 210 Å². The molecule has 0 aliphatic carbocycles. The molecule has 0 aliphatic rings. The van der Waals surface area contributed by atoms with Gasteiger partial charge in [0, 0.05) is 22.3 Å².